The first-order valence-electron chi connectivity index (χ1n) is 9.60. The molecule has 1 amide bonds. The summed E-state index contributed by atoms with van der Waals surface area (Å²) in [6, 6.07) is 4.60. The number of nitrogens with one attached hydrogen (secondary N) is 1. The minimum atomic E-state index is -5.18. The Hall–Kier alpha value is -2.53. The summed E-state index contributed by atoms with van der Waals surface area (Å²) >= 11 is 0. The van der Waals surface area contributed by atoms with Crippen molar-refractivity contribution in [3.05, 3.63) is 23.8 Å². The first-order chi connectivity index (χ1) is 14.6. The monoisotopic (exact) mass is 448 g/mol. The third-order valence-corrected chi connectivity index (χ3v) is 4.99. The zero-order chi connectivity index (χ0) is 23.2. The minimum Gasteiger partial charge on any atom is -0.493 e. The Morgan fingerprint density at radius 1 is 1.19 bits per heavy atom. The van der Waals surface area contributed by atoms with Gasteiger partial charge in [0.2, 0.25) is 5.91 Å². The van der Waals surface area contributed by atoms with Crippen LogP contribution in [-0.4, -0.2) is 69.2 Å². The number of nitrogens with zero attached hydrogens (tertiary/aromatic N) is 1. The molecule has 11 heteroatoms. The zero-order valence-electron chi connectivity index (χ0n) is 17.9. The fraction of sp³-hybridized carbons (Fsp3) is 0.600. The molecule has 0 spiro atoms. The van der Waals surface area contributed by atoms with Gasteiger partial charge in [0.1, 0.15) is 0 Å². The van der Waals surface area contributed by atoms with Crippen molar-refractivity contribution >= 4 is 11.9 Å². The Balaban J connectivity index is 2.57. The third kappa shape index (κ3) is 5.40. The lowest BCUT2D eigenvalue weighted by Crippen LogP contribution is -2.73. The van der Waals surface area contributed by atoms with E-state index in [1.807, 2.05) is 0 Å². The van der Waals surface area contributed by atoms with Crippen LogP contribution in [0.1, 0.15) is 25.3 Å². The molecule has 2 atom stereocenters. The quantitative estimate of drug-likeness (QED) is 0.458. The topological polar surface area (TPSA) is 86.3 Å². The maximum atomic E-state index is 14.4. The number of esters is 1. The highest BCUT2D eigenvalue weighted by Gasteiger charge is 2.66. The molecule has 31 heavy (non-hydrogen) atoms. The molecule has 174 valence electrons. The summed E-state index contributed by atoms with van der Waals surface area (Å²) in [7, 11) is 3.67. The standard InChI is InChI=1S/C20H27F3N2O6/c1-13(26)24-19(18(27)30-4,20(21,22)23)25(12-15-6-5-9-31-15)11-14-7-8-16(28-2)17(10-14)29-3/h7-8,10,15H,5-6,9,11-12H2,1-4H3,(H,24,26)/t15-,19+/m1/s1. The largest absolute Gasteiger partial charge is 0.493 e. The van der Waals surface area contributed by atoms with Crippen LogP contribution in [0.15, 0.2) is 18.2 Å². The van der Waals surface area contributed by atoms with Crippen molar-refractivity contribution in [3.8, 4) is 11.5 Å². The van der Waals surface area contributed by atoms with Crippen molar-refractivity contribution in [2.45, 2.75) is 44.3 Å². The van der Waals surface area contributed by atoms with Crippen LogP contribution in [0.2, 0.25) is 0 Å². The first kappa shape index (κ1) is 24.7. The number of alkyl halides is 3. The van der Waals surface area contributed by atoms with E-state index in [1.54, 1.807) is 17.4 Å². The molecule has 1 heterocycles. The number of carbonyl (C=O) groups is 2. The lowest BCUT2D eigenvalue weighted by atomic mass is 10.0. The van der Waals surface area contributed by atoms with Gasteiger partial charge in [-0.25, -0.2) is 4.79 Å². The van der Waals surface area contributed by atoms with Crippen molar-refractivity contribution in [1.29, 1.82) is 0 Å². The maximum Gasteiger partial charge on any atom is 0.436 e. The van der Waals surface area contributed by atoms with Gasteiger partial charge in [-0.2, -0.15) is 13.2 Å². The molecule has 8 nitrogen and oxygen atoms in total. The van der Waals surface area contributed by atoms with E-state index in [4.69, 9.17) is 14.2 Å². The Labute approximate surface area is 178 Å². The predicted molar refractivity (Wildman–Crippen MR) is 104 cm³/mol. The number of benzene rings is 1. The van der Waals surface area contributed by atoms with Gasteiger partial charge in [0.05, 0.1) is 27.4 Å². The van der Waals surface area contributed by atoms with Crippen molar-refractivity contribution in [3.63, 3.8) is 0 Å². The van der Waals surface area contributed by atoms with Crippen LogP contribution < -0.4 is 14.8 Å². The predicted octanol–water partition coefficient (Wildman–Crippen LogP) is 2.25. The smallest absolute Gasteiger partial charge is 0.436 e. The van der Waals surface area contributed by atoms with E-state index in [0.717, 1.165) is 18.9 Å². The molecule has 2 rings (SSSR count). The van der Waals surface area contributed by atoms with Gasteiger partial charge < -0.3 is 24.3 Å². The molecule has 0 bridgehead atoms. The highest BCUT2D eigenvalue weighted by molar-refractivity contribution is 5.87. The van der Waals surface area contributed by atoms with Gasteiger partial charge in [-0.1, -0.05) is 6.07 Å². The van der Waals surface area contributed by atoms with Gasteiger partial charge in [0, 0.05) is 26.6 Å². The Bertz CT molecular complexity index is 783. The number of hydrogen-bond acceptors (Lipinski definition) is 7. The van der Waals surface area contributed by atoms with Crippen LogP contribution in [-0.2, 0) is 25.6 Å². The summed E-state index contributed by atoms with van der Waals surface area (Å²) < 4.78 is 63.7. The SMILES string of the molecule is COC(=O)[C@](NC(C)=O)(N(Cc1ccc(OC)c(OC)c1)C[C@H]1CCCO1)C(F)(F)F. The van der Waals surface area contributed by atoms with Gasteiger partial charge >= 0.3 is 12.1 Å². The van der Waals surface area contributed by atoms with Gasteiger partial charge in [0.15, 0.2) is 11.5 Å². The Morgan fingerprint density at radius 3 is 2.35 bits per heavy atom. The molecule has 1 fully saturated rings. The number of carbonyl (C=O) groups excluding carboxylic acids is 2. The molecule has 1 N–H and O–H groups in total. The Morgan fingerprint density at radius 2 is 1.87 bits per heavy atom. The molecular weight excluding hydrogens is 421 g/mol. The molecule has 0 aliphatic carbocycles. The van der Waals surface area contributed by atoms with Crippen LogP contribution in [0.3, 0.4) is 0 Å². The van der Waals surface area contributed by atoms with Crippen molar-refractivity contribution < 1.29 is 41.7 Å². The number of rotatable bonds is 9. The average molecular weight is 448 g/mol. The van der Waals surface area contributed by atoms with Crippen LogP contribution in [0, 0.1) is 0 Å². The number of hydrogen-bond donors (Lipinski definition) is 1. The van der Waals surface area contributed by atoms with E-state index in [0.29, 0.717) is 36.5 Å². The molecule has 1 saturated heterocycles. The van der Waals surface area contributed by atoms with E-state index in [2.05, 4.69) is 4.74 Å². The second kappa shape index (κ2) is 10.2. The molecule has 0 radical (unpaired) electrons. The second-order valence-corrected chi connectivity index (χ2v) is 7.09. The number of ether oxygens (including phenoxy) is 4. The van der Waals surface area contributed by atoms with Crippen LogP contribution >= 0.6 is 0 Å². The first-order valence-corrected chi connectivity index (χ1v) is 9.60. The van der Waals surface area contributed by atoms with E-state index in [9.17, 15) is 22.8 Å². The minimum absolute atomic E-state index is 0.261. The molecule has 0 unspecified atom stereocenters. The molecular formula is C20H27F3N2O6. The van der Waals surface area contributed by atoms with Gasteiger partial charge in [0.25, 0.3) is 5.66 Å². The van der Waals surface area contributed by atoms with Gasteiger partial charge in [-0.15, -0.1) is 0 Å². The summed E-state index contributed by atoms with van der Waals surface area (Å²) in [5, 5.41) is 1.81. The molecule has 0 saturated carbocycles. The lowest BCUT2D eigenvalue weighted by molar-refractivity contribution is -0.252. The zero-order valence-corrected chi connectivity index (χ0v) is 17.9. The fourth-order valence-corrected chi connectivity index (χ4v) is 3.58. The van der Waals surface area contributed by atoms with Crippen LogP contribution in [0.5, 0.6) is 11.5 Å². The summed E-state index contributed by atoms with van der Waals surface area (Å²) in [5.41, 5.74) is -2.99. The molecule has 0 aromatic heterocycles. The van der Waals surface area contributed by atoms with Gasteiger partial charge in [-0.3, -0.25) is 9.69 Å². The lowest BCUT2D eigenvalue weighted by Gasteiger charge is -2.43. The van der Waals surface area contributed by atoms with E-state index in [-0.39, 0.29) is 13.1 Å². The van der Waals surface area contributed by atoms with Crippen molar-refractivity contribution in [1.82, 2.24) is 10.2 Å². The molecule has 1 aromatic carbocycles. The highest BCUT2D eigenvalue weighted by atomic mass is 19.4. The van der Waals surface area contributed by atoms with Crippen molar-refractivity contribution in [2.75, 3.05) is 34.5 Å². The number of amides is 1. The van der Waals surface area contributed by atoms with Crippen LogP contribution in [0.25, 0.3) is 0 Å². The van der Waals surface area contributed by atoms with E-state index in [1.165, 1.54) is 20.3 Å². The van der Waals surface area contributed by atoms with E-state index >= 15 is 0 Å². The normalized spacial score (nSPS) is 18.4. The third-order valence-electron chi connectivity index (χ3n) is 4.99. The summed E-state index contributed by atoms with van der Waals surface area (Å²) in [4.78, 5) is 25.2. The summed E-state index contributed by atoms with van der Waals surface area (Å²) in [5.74, 6) is -1.97. The maximum absolute atomic E-state index is 14.4. The summed E-state index contributed by atoms with van der Waals surface area (Å²) in [6.45, 7) is 0.703. The Kier molecular flexibility index (Phi) is 8.13. The second-order valence-electron chi connectivity index (χ2n) is 7.09. The van der Waals surface area contributed by atoms with Gasteiger partial charge in [-0.05, 0) is 30.5 Å². The molecule has 1 aromatic rings. The van der Waals surface area contributed by atoms with Crippen LogP contribution in [0.4, 0.5) is 13.2 Å². The average Bonchev–Trinajstić information content (AvgIpc) is 3.22. The summed E-state index contributed by atoms with van der Waals surface area (Å²) in [6.07, 6.45) is -4.51. The van der Waals surface area contributed by atoms with Crippen molar-refractivity contribution in [2.24, 2.45) is 0 Å². The number of methoxy groups -OCH3 is 3. The molecule has 1 aliphatic heterocycles. The molecule has 1 aliphatic rings. The highest BCUT2D eigenvalue weighted by Crippen LogP contribution is 2.37. The fourth-order valence-electron chi connectivity index (χ4n) is 3.58. The van der Waals surface area contributed by atoms with E-state index < -0.39 is 29.8 Å². The number of halogens is 3.